The summed E-state index contributed by atoms with van der Waals surface area (Å²) < 4.78 is 5.52. The highest BCUT2D eigenvalue weighted by molar-refractivity contribution is 6.02. The molecule has 5 aromatic rings. The van der Waals surface area contributed by atoms with Crippen molar-refractivity contribution in [1.29, 1.82) is 0 Å². The predicted molar refractivity (Wildman–Crippen MR) is 114 cm³/mol. The van der Waals surface area contributed by atoms with E-state index in [4.69, 9.17) is 0 Å². The molecule has 0 saturated carbocycles. The van der Waals surface area contributed by atoms with Crippen molar-refractivity contribution in [3.63, 3.8) is 0 Å². The Morgan fingerprint density at radius 2 is 1.90 bits per heavy atom. The second-order valence-electron chi connectivity index (χ2n) is 7.09. The molecule has 0 bridgehead atoms. The molecule has 0 fully saturated rings. The van der Waals surface area contributed by atoms with Crippen molar-refractivity contribution in [2.75, 3.05) is 5.32 Å². The number of carbonyl (C=O) groups excluding carboxylic acids is 1. The lowest BCUT2D eigenvalue weighted by atomic mass is 10.1. The van der Waals surface area contributed by atoms with Gasteiger partial charge in [-0.15, -0.1) is 0 Å². The molecule has 0 aromatic carbocycles. The van der Waals surface area contributed by atoms with E-state index in [1.165, 1.54) is 0 Å². The van der Waals surface area contributed by atoms with Gasteiger partial charge in [0, 0.05) is 59.9 Å². The topological polar surface area (TPSA) is 82.0 Å². The molecule has 30 heavy (non-hydrogen) atoms. The number of amides is 1. The fourth-order valence-corrected chi connectivity index (χ4v) is 3.41. The second-order valence-corrected chi connectivity index (χ2v) is 7.09. The summed E-state index contributed by atoms with van der Waals surface area (Å²) >= 11 is 0. The van der Waals surface area contributed by atoms with Gasteiger partial charge in [0.15, 0.2) is 5.69 Å². The van der Waals surface area contributed by atoms with E-state index in [1.54, 1.807) is 33.9 Å². The summed E-state index contributed by atoms with van der Waals surface area (Å²) in [6.45, 7) is 1.88. The van der Waals surface area contributed by atoms with Crippen LogP contribution in [0.3, 0.4) is 0 Å². The summed E-state index contributed by atoms with van der Waals surface area (Å²) in [5, 5.41) is 11.6. The number of nitrogens with one attached hydrogen (secondary N) is 1. The van der Waals surface area contributed by atoms with Gasteiger partial charge in [-0.1, -0.05) is 6.07 Å². The minimum atomic E-state index is -0.267. The minimum Gasteiger partial charge on any atom is -0.320 e. The van der Waals surface area contributed by atoms with Crippen LogP contribution in [0.15, 0.2) is 73.4 Å². The molecule has 148 valence electrons. The standard InChI is InChI=1S/C22H19N7O/c1-15-11-18(7-9-23-15)25-22(30)20-8-10-29(26-20)21-6-5-19-4-3-16(14-28(19)21)17-12-24-27(2)13-17/h3-14H,1-2H3,(H,23,25,30). The van der Waals surface area contributed by atoms with E-state index in [0.29, 0.717) is 11.4 Å². The fraction of sp³-hybridized carbons (Fsp3) is 0.0909. The Hall–Kier alpha value is -4.20. The number of hydrogen-bond donors (Lipinski definition) is 1. The van der Waals surface area contributed by atoms with Crippen LogP contribution in [0, 0.1) is 6.92 Å². The Balaban J connectivity index is 1.46. The molecule has 8 nitrogen and oxygen atoms in total. The van der Waals surface area contributed by atoms with Crippen LogP contribution in [0.4, 0.5) is 5.69 Å². The van der Waals surface area contributed by atoms with Gasteiger partial charge in [0.25, 0.3) is 5.91 Å². The number of hydrogen-bond acceptors (Lipinski definition) is 4. The molecular weight excluding hydrogens is 378 g/mol. The lowest BCUT2D eigenvalue weighted by Gasteiger charge is -2.06. The molecule has 5 heterocycles. The van der Waals surface area contributed by atoms with Gasteiger partial charge < -0.3 is 9.72 Å². The van der Waals surface area contributed by atoms with Crippen LogP contribution in [0.25, 0.3) is 22.5 Å². The van der Waals surface area contributed by atoms with Crippen molar-refractivity contribution in [3.8, 4) is 16.9 Å². The Morgan fingerprint density at radius 3 is 2.70 bits per heavy atom. The smallest absolute Gasteiger partial charge is 0.276 e. The van der Waals surface area contributed by atoms with E-state index in [9.17, 15) is 4.79 Å². The molecule has 0 aliphatic carbocycles. The van der Waals surface area contributed by atoms with E-state index >= 15 is 0 Å². The van der Waals surface area contributed by atoms with Crippen LogP contribution < -0.4 is 5.32 Å². The third-order valence-electron chi connectivity index (χ3n) is 4.88. The Kier molecular flexibility index (Phi) is 4.17. The maximum Gasteiger partial charge on any atom is 0.276 e. The Labute approximate surface area is 172 Å². The maximum absolute atomic E-state index is 12.6. The number of aryl methyl sites for hydroxylation is 2. The molecule has 0 aliphatic rings. The fourth-order valence-electron chi connectivity index (χ4n) is 3.41. The molecule has 1 N–H and O–H groups in total. The first-order chi connectivity index (χ1) is 14.6. The Morgan fingerprint density at radius 1 is 1.03 bits per heavy atom. The first-order valence-electron chi connectivity index (χ1n) is 9.47. The highest BCUT2D eigenvalue weighted by atomic mass is 16.1. The van der Waals surface area contributed by atoms with Crippen LogP contribution in [0.5, 0.6) is 0 Å². The SMILES string of the molecule is Cc1cc(NC(=O)c2ccn(-c3ccc4ccc(-c5cnn(C)c5)cn34)n2)ccn1. The van der Waals surface area contributed by atoms with Gasteiger partial charge in [-0.2, -0.15) is 10.2 Å². The normalized spacial score (nSPS) is 11.1. The number of nitrogens with zero attached hydrogens (tertiary/aromatic N) is 6. The summed E-state index contributed by atoms with van der Waals surface area (Å²) in [5.74, 6) is 0.575. The van der Waals surface area contributed by atoms with Crippen LogP contribution in [0.2, 0.25) is 0 Å². The van der Waals surface area contributed by atoms with Gasteiger partial charge in [-0.05, 0) is 43.3 Å². The van der Waals surface area contributed by atoms with Crippen molar-refractivity contribution < 1.29 is 4.79 Å². The summed E-state index contributed by atoms with van der Waals surface area (Å²) in [4.78, 5) is 16.7. The summed E-state index contributed by atoms with van der Waals surface area (Å²) in [6.07, 6.45) is 9.30. The predicted octanol–water partition coefficient (Wildman–Crippen LogP) is 3.48. The van der Waals surface area contributed by atoms with Gasteiger partial charge in [-0.25, -0.2) is 4.68 Å². The molecule has 0 spiro atoms. The van der Waals surface area contributed by atoms with Crippen molar-refractivity contribution >= 4 is 17.1 Å². The van der Waals surface area contributed by atoms with Crippen molar-refractivity contribution in [2.45, 2.75) is 6.92 Å². The van der Waals surface area contributed by atoms with Gasteiger partial charge in [0.1, 0.15) is 5.82 Å². The zero-order valence-corrected chi connectivity index (χ0v) is 16.5. The highest BCUT2D eigenvalue weighted by Crippen LogP contribution is 2.22. The number of pyridine rings is 2. The number of carbonyl (C=O) groups is 1. The molecule has 0 unspecified atom stereocenters. The molecule has 0 saturated heterocycles. The van der Waals surface area contributed by atoms with E-state index in [-0.39, 0.29) is 5.91 Å². The minimum absolute atomic E-state index is 0.267. The highest BCUT2D eigenvalue weighted by Gasteiger charge is 2.13. The lowest BCUT2D eigenvalue weighted by Crippen LogP contribution is -2.13. The van der Waals surface area contributed by atoms with E-state index in [2.05, 4.69) is 32.6 Å². The van der Waals surface area contributed by atoms with Crippen LogP contribution >= 0.6 is 0 Å². The summed E-state index contributed by atoms with van der Waals surface area (Å²) in [5.41, 5.74) is 4.98. The second kappa shape index (κ2) is 7.00. The van der Waals surface area contributed by atoms with E-state index in [0.717, 1.165) is 28.2 Å². The molecule has 5 aromatic heterocycles. The molecule has 0 aliphatic heterocycles. The molecule has 0 atom stereocenters. The molecule has 8 heteroatoms. The van der Waals surface area contributed by atoms with Crippen LogP contribution in [-0.2, 0) is 7.05 Å². The van der Waals surface area contributed by atoms with Crippen molar-refractivity contribution in [1.82, 2.24) is 28.9 Å². The van der Waals surface area contributed by atoms with Gasteiger partial charge >= 0.3 is 0 Å². The van der Waals surface area contributed by atoms with Crippen LogP contribution in [0.1, 0.15) is 16.2 Å². The number of fused-ring (bicyclic) bond motifs is 1. The monoisotopic (exact) mass is 397 g/mol. The first kappa shape index (κ1) is 17.9. The quantitative estimate of drug-likeness (QED) is 0.503. The molecule has 1 amide bonds. The zero-order chi connectivity index (χ0) is 20.7. The maximum atomic E-state index is 12.6. The number of aromatic nitrogens is 6. The summed E-state index contributed by atoms with van der Waals surface area (Å²) in [6, 6.07) is 13.4. The van der Waals surface area contributed by atoms with Crippen molar-refractivity contribution in [3.05, 3.63) is 84.8 Å². The summed E-state index contributed by atoms with van der Waals surface area (Å²) in [7, 11) is 1.90. The van der Waals surface area contributed by atoms with Crippen LogP contribution in [-0.4, -0.2) is 34.9 Å². The van der Waals surface area contributed by atoms with Gasteiger partial charge in [0.2, 0.25) is 0 Å². The number of anilines is 1. The largest absolute Gasteiger partial charge is 0.320 e. The van der Waals surface area contributed by atoms with E-state index < -0.39 is 0 Å². The molecule has 5 rings (SSSR count). The molecule has 0 radical (unpaired) electrons. The lowest BCUT2D eigenvalue weighted by molar-refractivity contribution is 0.102. The van der Waals surface area contributed by atoms with Gasteiger partial charge in [-0.3, -0.25) is 14.5 Å². The van der Waals surface area contributed by atoms with E-state index in [1.807, 2.05) is 55.2 Å². The average Bonchev–Trinajstić information content (AvgIpc) is 3.46. The van der Waals surface area contributed by atoms with Crippen molar-refractivity contribution in [2.24, 2.45) is 7.05 Å². The van der Waals surface area contributed by atoms with Gasteiger partial charge in [0.05, 0.1) is 6.20 Å². The average molecular weight is 397 g/mol. The third-order valence-corrected chi connectivity index (χ3v) is 4.88. The third kappa shape index (κ3) is 3.24. The zero-order valence-electron chi connectivity index (χ0n) is 16.5. The Bertz CT molecular complexity index is 1380. The number of rotatable bonds is 4. The first-order valence-corrected chi connectivity index (χ1v) is 9.47. The molecular formula is C22H19N7O.